The molecule has 4 nitrogen and oxygen atoms in total. The van der Waals surface area contributed by atoms with Crippen LogP contribution in [0.4, 0.5) is 0 Å². The second-order valence-corrected chi connectivity index (χ2v) is 6.10. The van der Waals surface area contributed by atoms with E-state index in [1.807, 2.05) is 36.4 Å². The van der Waals surface area contributed by atoms with Crippen LogP contribution in [0.1, 0.15) is 19.2 Å². The van der Waals surface area contributed by atoms with Crippen LogP contribution in [-0.4, -0.2) is 22.4 Å². The third-order valence-corrected chi connectivity index (χ3v) is 4.29. The summed E-state index contributed by atoms with van der Waals surface area (Å²) in [5, 5.41) is 10.5. The molecule has 0 spiro atoms. The zero-order chi connectivity index (χ0) is 16.9. The molecule has 0 radical (unpaired) electrons. The molecule has 2 aromatic carbocycles. The number of imidazole rings is 1. The lowest BCUT2D eigenvalue weighted by Crippen LogP contribution is -2.34. The molecule has 0 aliphatic rings. The molecule has 126 valence electrons. The molecule has 1 N–H and O–H groups in total. The van der Waals surface area contributed by atoms with Crippen LogP contribution in [0.2, 0.25) is 0 Å². The Kier molecular flexibility index (Phi) is 5.16. The number of nitrogens with zero attached hydrogens (tertiary/aromatic N) is 2. The Morgan fingerprint density at radius 3 is 2.54 bits per heavy atom. The maximum absolute atomic E-state index is 10.5. The summed E-state index contributed by atoms with van der Waals surface area (Å²) in [6, 6.07) is 17.9. The first kappa shape index (κ1) is 16.5. The van der Waals surface area contributed by atoms with Crippen molar-refractivity contribution in [3.8, 4) is 5.75 Å². The monoisotopic (exact) mass is 325 g/mol. The SMILES string of the molecule is CCCc1n(CC(O)COc2ccccc2)c2ccccc2[n+]1C. The molecule has 0 aliphatic heterocycles. The van der Waals surface area contributed by atoms with Crippen LogP contribution < -0.4 is 9.30 Å². The summed E-state index contributed by atoms with van der Waals surface area (Å²) in [4.78, 5) is 0. The molecule has 0 fully saturated rings. The second-order valence-electron chi connectivity index (χ2n) is 6.10. The molecule has 0 aliphatic carbocycles. The fourth-order valence-electron chi connectivity index (χ4n) is 3.14. The van der Waals surface area contributed by atoms with Gasteiger partial charge in [0.2, 0.25) is 0 Å². The van der Waals surface area contributed by atoms with Crippen molar-refractivity contribution in [2.45, 2.75) is 32.4 Å². The van der Waals surface area contributed by atoms with E-state index in [2.05, 4.69) is 41.3 Å². The van der Waals surface area contributed by atoms with Crippen molar-refractivity contribution >= 4 is 11.0 Å². The first-order valence-electron chi connectivity index (χ1n) is 8.52. The lowest BCUT2D eigenvalue weighted by molar-refractivity contribution is -0.654. The van der Waals surface area contributed by atoms with Crippen LogP contribution in [0.15, 0.2) is 54.6 Å². The van der Waals surface area contributed by atoms with E-state index in [0.29, 0.717) is 6.54 Å². The molecular weight excluding hydrogens is 300 g/mol. The Bertz CT molecular complexity index is 796. The van der Waals surface area contributed by atoms with Crippen LogP contribution in [0.25, 0.3) is 11.0 Å². The van der Waals surface area contributed by atoms with Gasteiger partial charge in [0.05, 0.1) is 7.05 Å². The summed E-state index contributed by atoms with van der Waals surface area (Å²) >= 11 is 0. The van der Waals surface area contributed by atoms with Crippen LogP contribution in [0, 0.1) is 0 Å². The Balaban J connectivity index is 1.79. The molecule has 0 bridgehead atoms. The van der Waals surface area contributed by atoms with Crippen LogP contribution in [-0.2, 0) is 20.0 Å². The number of benzene rings is 2. The van der Waals surface area contributed by atoms with Crippen molar-refractivity contribution in [3.63, 3.8) is 0 Å². The smallest absolute Gasteiger partial charge is 0.257 e. The van der Waals surface area contributed by atoms with Gasteiger partial charge < -0.3 is 9.84 Å². The largest absolute Gasteiger partial charge is 0.491 e. The minimum atomic E-state index is -0.559. The molecule has 24 heavy (non-hydrogen) atoms. The number of aromatic nitrogens is 2. The van der Waals surface area contributed by atoms with Crippen molar-refractivity contribution in [2.75, 3.05) is 6.61 Å². The highest BCUT2D eigenvalue weighted by atomic mass is 16.5. The van der Waals surface area contributed by atoms with Gasteiger partial charge in [-0.2, -0.15) is 0 Å². The normalized spacial score (nSPS) is 12.5. The standard InChI is InChI=1S/C20H25N2O2/c1-3-9-20-21(2)18-12-7-8-13-19(18)22(20)14-16(23)15-24-17-10-5-4-6-11-17/h4-8,10-13,16,23H,3,9,14-15H2,1-2H3/q+1. The van der Waals surface area contributed by atoms with Gasteiger partial charge in [-0.05, 0) is 30.7 Å². The summed E-state index contributed by atoms with van der Waals surface area (Å²) in [6.07, 6.45) is 1.50. The van der Waals surface area contributed by atoms with Crippen molar-refractivity contribution in [1.29, 1.82) is 0 Å². The van der Waals surface area contributed by atoms with E-state index in [0.717, 1.165) is 24.1 Å². The summed E-state index contributed by atoms with van der Waals surface area (Å²) in [5.41, 5.74) is 2.35. The number of hydrogen-bond acceptors (Lipinski definition) is 2. The quantitative estimate of drug-likeness (QED) is 0.678. The fraction of sp³-hybridized carbons (Fsp3) is 0.350. The van der Waals surface area contributed by atoms with Crippen molar-refractivity contribution in [2.24, 2.45) is 7.05 Å². The van der Waals surface area contributed by atoms with Crippen molar-refractivity contribution in [3.05, 3.63) is 60.4 Å². The van der Waals surface area contributed by atoms with E-state index in [9.17, 15) is 5.11 Å². The van der Waals surface area contributed by atoms with E-state index < -0.39 is 6.10 Å². The molecular formula is C20H25N2O2+. The minimum Gasteiger partial charge on any atom is -0.491 e. The number of ether oxygens (including phenoxy) is 1. The molecule has 0 saturated heterocycles. The van der Waals surface area contributed by atoms with Crippen molar-refractivity contribution in [1.82, 2.24) is 4.57 Å². The third kappa shape index (κ3) is 3.44. The highest BCUT2D eigenvalue weighted by Crippen LogP contribution is 2.16. The molecule has 1 aromatic heterocycles. The van der Waals surface area contributed by atoms with E-state index in [1.165, 1.54) is 11.3 Å². The average molecular weight is 325 g/mol. The van der Waals surface area contributed by atoms with E-state index in [1.54, 1.807) is 0 Å². The molecule has 1 atom stereocenters. The Morgan fingerprint density at radius 1 is 1.08 bits per heavy atom. The maximum Gasteiger partial charge on any atom is 0.257 e. The predicted octanol–water partition coefficient (Wildman–Crippen LogP) is 2.86. The van der Waals surface area contributed by atoms with E-state index in [-0.39, 0.29) is 6.61 Å². The average Bonchev–Trinajstić information content (AvgIpc) is 2.87. The third-order valence-electron chi connectivity index (χ3n) is 4.29. The number of aliphatic hydroxyl groups is 1. The predicted molar refractivity (Wildman–Crippen MR) is 95.1 cm³/mol. The Morgan fingerprint density at radius 2 is 1.79 bits per heavy atom. The molecule has 1 unspecified atom stereocenters. The number of rotatable bonds is 7. The van der Waals surface area contributed by atoms with Crippen LogP contribution in [0.3, 0.4) is 0 Å². The lowest BCUT2D eigenvalue weighted by atomic mass is 10.3. The number of aryl methyl sites for hydroxylation is 1. The minimum absolute atomic E-state index is 0.284. The lowest BCUT2D eigenvalue weighted by Gasteiger charge is -2.12. The first-order chi connectivity index (χ1) is 11.7. The van der Waals surface area contributed by atoms with Gasteiger partial charge in [-0.15, -0.1) is 0 Å². The zero-order valence-electron chi connectivity index (χ0n) is 14.4. The van der Waals surface area contributed by atoms with Crippen LogP contribution >= 0.6 is 0 Å². The topological polar surface area (TPSA) is 38.3 Å². The van der Waals surface area contributed by atoms with Gasteiger partial charge in [0, 0.05) is 6.42 Å². The van der Waals surface area contributed by atoms with Gasteiger partial charge in [-0.3, -0.25) is 0 Å². The Hall–Kier alpha value is -2.33. The molecule has 0 amide bonds. The van der Waals surface area contributed by atoms with Crippen LogP contribution in [0.5, 0.6) is 5.75 Å². The summed E-state index contributed by atoms with van der Waals surface area (Å²) in [7, 11) is 2.09. The molecule has 1 heterocycles. The highest BCUT2D eigenvalue weighted by molar-refractivity contribution is 5.72. The van der Waals surface area contributed by atoms with Gasteiger partial charge in [0.15, 0.2) is 11.0 Å². The highest BCUT2D eigenvalue weighted by Gasteiger charge is 2.23. The summed E-state index contributed by atoms with van der Waals surface area (Å²) in [6.45, 7) is 2.99. The van der Waals surface area contributed by atoms with Crippen molar-refractivity contribution < 1.29 is 14.4 Å². The number of para-hydroxylation sites is 3. The number of fused-ring (bicyclic) bond motifs is 1. The van der Waals surface area contributed by atoms with Gasteiger partial charge in [0.25, 0.3) is 5.82 Å². The van der Waals surface area contributed by atoms with Gasteiger partial charge in [-0.1, -0.05) is 37.3 Å². The number of hydrogen-bond donors (Lipinski definition) is 1. The Labute approximate surface area is 142 Å². The van der Waals surface area contributed by atoms with E-state index >= 15 is 0 Å². The fourth-order valence-corrected chi connectivity index (χ4v) is 3.14. The zero-order valence-corrected chi connectivity index (χ0v) is 14.4. The number of aliphatic hydroxyl groups excluding tert-OH is 1. The van der Waals surface area contributed by atoms with Gasteiger partial charge in [0.1, 0.15) is 25.0 Å². The van der Waals surface area contributed by atoms with E-state index in [4.69, 9.17) is 4.74 Å². The molecule has 3 rings (SSSR count). The molecule has 4 heteroatoms. The maximum atomic E-state index is 10.5. The van der Waals surface area contributed by atoms with Gasteiger partial charge in [-0.25, -0.2) is 9.13 Å². The summed E-state index contributed by atoms with van der Waals surface area (Å²) < 4.78 is 10.1. The second kappa shape index (κ2) is 7.49. The molecule has 3 aromatic rings. The van der Waals surface area contributed by atoms with Gasteiger partial charge >= 0.3 is 0 Å². The first-order valence-corrected chi connectivity index (χ1v) is 8.52. The molecule has 0 saturated carbocycles. The summed E-state index contributed by atoms with van der Waals surface area (Å²) in [5.74, 6) is 2.02.